The summed E-state index contributed by atoms with van der Waals surface area (Å²) in [5.74, 6) is 4.66. The van der Waals surface area contributed by atoms with Crippen LogP contribution in [-0.4, -0.2) is 5.11 Å². The quantitative estimate of drug-likeness (QED) is 0.176. The van der Waals surface area contributed by atoms with Crippen LogP contribution in [0.25, 0.3) is 0 Å². The van der Waals surface area contributed by atoms with Gasteiger partial charge in [0.15, 0.2) is 5.11 Å². The van der Waals surface area contributed by atoms with Crippen molar-refractivity contribution in [1.29, 1.82) is 0 Å². The summed E-state index contributed by atoms with van der Waals surface area (Å²) < 4.78 is 0. The predicted molar refractivity (Wildman–Crippen MR) is 24.1 cm³/mol. The van der Waals surface area contributed by atoms with Crippen LogP contribution in [0.5, 0.6) is 0 Å². The molecule has 0 amide bonds. The average Bonchev–Trinajstić information content (AvgIpc) is 1.38. The third-order valence-electron chi connectivity index (χ3n) is 0.142. The topological polar surface area (TPSA) is 64.1 Å². The van der Waals surface area contributed by atoms with Gasteiger partial charge in [-0.25, -0.2) is 5.84 Å². The number of thiocarbonyl (C=S) groups is 1. The standard InChI is InChI=1S/CH5N3S.Cu/c2-1(5)4-3;/h3H2,(H3,2,4,5);/q;+2. The maximum atomic E-state index is 4.79. The Morgan fingerprint density at radius 2 is 1.83 bits per heavy atom. The van der Waals surface area contributed by atoms with Crippen molar-refractivity contribution in [3.05, 3.63) is 0 Å². The Labute approximate surface area is 51.9 Å². The zero-order valence-electron chi connectivity index (χ0n) is 2.86. The molecule has 6 heavy (non-hydrogen) atoms. The second-order valence-electron chi connectivity index (χ2n) is 0.509. The number of hydrogen-bond donors (Lipinski definition) is 3. The Kier molecular flexibility index (Phi) is 8.17. The Morgan fingerprint density at radius 3 is 1.83 bits per heavy atom. The zero-order valence-corrected chi connectivity index (χ0v) is 4.62. The van der Waals surface area contributed by atoms with Crippen molar-refractivity contribution in [3.63, 3.8) is 0 Å². The fourth-order valence-electron chi connectivity index (χ4n) is 0. The zero-order chi connectivity index (χ0) is 4.28. The largest absolute Gasteiger partial charge is 2.00 e. The number of nitrogens with two attached hydrogens (primary N) is 2. The number of rotatable bonds is 0. The molecule has 3 nitrogen and oxygen atoms in total. The van der Waals surface area contributed by atoms with Crippen LogP contribution in [0, 0.1) is 0 Å². The summed E-state index contributed by atoms with van der Waals surface area (Å²) in [6, 6.07) is 0. The van der Waals surface area contributed by atoms with E-state index in [4.69, 9.17) is 5.73 Å². The number of hydrogen-bond acceptors (Lipinski definition) is 2. The van der Waals surface area contributed by atoms with Crippen molar-refractivity contribution < 1.29 is 17.1 Å². The van der Waals surface area contributed by atoms with Gasteiger partial charge in [0, 0.05) is 0 Å². The first kappa shape index (κ1) is 9.48. The van der Waals surface area contributed by atoms with Crippen LogP contribution in [0.2, 0.25) is 0 Å². The van der Waals surface area contributed by atoms with Gasteiger partial charge in [-0.05, 0) is 12.2 Å². The molecular weight excluding hydrogens is 150 g/mol. The average molecular weight is 155 g/mol. The molecule has 0 aliphatic heterocycles. The van der Waals surface area contributed by atoms with E-state index in [9.17, 15) is 0 Å². The van der Waals surface area contributed by atoms with Gasteiger partial charge in [0.1, 0.15) is 0 Å². The fraction of sp³-hybridized carbons (Fsp3) is 0. The van der Waals surface area contributed by atoms with Crippen LogP contribution in [0.15, 0.2) is 0 Å². The maximum Gasteiger partial charge on any atom is 2.00 e. The number of hydrazine groups is 1. The van der Waals surface area contributed by atoms with Gasteiger partial charge in [-0.1, -0.05) is 0 Å². The summed E-state index contributed by atoms with van der Waals surface area (Å²) in [6.07, 6.45) is 0. The second kappa shape index (κ2) is 5.17. The van der Waals surface area contributed by atoms with Crippen LogP contribution in [-0.2, 0) is 17.1 Å². The van der Waals surface area contributed by atoms with Gasteiger partial charge in [-0.15, -0.1) is 0 Å². The van der Waals surface area contributed by atoms with Gasteiger partial charge in [-0.2, -0.15) is 0 Å². The first-order valence-corrected chi connectivity index (χ1v) is 1.44. The molecule has 0 unspecified atom stereocenters. The van der Waals surface area contributed by atoms with E-state index >= 15 is 0 Å². The Balaban J connectivity index is 0. The van der Waals surface area contributed by atoms with Crippen molar-refractivity contribution in [1.82, 2.24) is 5.43 Å². The molecular formula is CH5CuN3S+2. The normalized spacial score (nSPS) is 5.50. The van der Waals surface area contributed by atoms with Gasteiger partial charge in [0.25, 0.3) is 0 Å². The van der Waals surface area contributed by atoms with Crippen LogP contribution in [0.3, 0.4) is 0 Å². The van der Waals surface area contributed by atoms with E-state index < -0.39 is 0 Å². The molecule has 0 rings (SSSR count). The summed E-state index contributed by atoms with van der Waals surface area (Å²) in [6.45, 7) is 0. The van der Waals surface area contributed by atoms with E-state index in [2.05, 4.69) is 18.1 Å². The van der Waals surface area contributed by atoms with E-state index in [1.807, 2.05) is 5.43 Å². The molecule has 39 valence electrons. The molecule has 0 aliphatic carbocycles. The monoisotopic (exact) mass is 154 g/mol. The van der Waals surface area contributed by atoms with Crippen molar-refractivity contribution >= 4 is 17.3 Å². The Morgan fingerprint density at radius 1 is 1.67 bits per heavy atom. The maximum absolute atomic E-state index is 4.79. The van der Waals surface area contributed by atoms with Crippen LogP contribution < -0.4 is 17.0 Å². The molecule has 0 aromatic carbocycles. The van der Waals surface area contributed by atoms with Gasteiger partial charge >= 0.3 is 17.1 Å². The van der Waals surface area contributed by atoms with E-state index in [-0.39, 0.29) is 22.2 Å². The van der Waals surface area contributed by atoms with E-state index in [1.54, 1.807) is 0 Å². The van der Waals surface area contributed by atoms with Gasteiger partial charge in [0.2, 0.25) is 0 Å². The summed E-state index contributed by atoms with van der Waals surface area (Å²) in [5, 5.41) is 0.116. The fourth-order valence-corrected chi connectivity index (χ4v) is 0. The van der Waals surface area contributed by atoms with Crippen LogP contribution >= 0.6 is 12.2 Å². The molecule has 0 fully saturated rings. The van der Waals surface area contributed by atoms with Crippen molar-refractivity contribution in [2.24, 2.45) is 11.6 Å². The number of nitrogens with one attached hydrogen (secondary N) is 1. The molecule has 0 saturated heterocycles. The van der Waals surface area contributed by atoms with E-state index in [0.717, 1.165) is 0 Å². The molecule has 0 aromatic rings. The minimum absolute atomic E-state index is 0. The first-order valence-electron chi connectivity index (χ1n) is 1.03. The van der Waals surface area contributed by atoms with Crippen LogP contribution in [0.4, 0.5) is 0 Å². The van der Waals surface area contributed by atoms with Gasteiger partial charge < -0.3 is 11.2 Å². The molecule has 0 bridgehead atoms. The molecule has 0 saturated carbocycles. The summed E-state index contributed by atoms with van der Waals surface area (Å²) >= 11 is 4.24. The van der Waals surface area contributed by atoms with Crippen LogP contribution in [0.1, 0.15) is 0 Å². The first-order chi connectivity index (χ1) is 2.27. The SMILES string of the molecule is NNC(N)=S.[Cu+2]. The molecule has 5 N–H and O–H groups in total. The molecule has 0 aliphatic rings. The molecule has 0 atom stereocenters. The Bertz CT molecular complexity index is 46.1. The molecule has 0 heterocycles. The smallest absolute Gasteiger partial charge is 0.375 e. The summed E-state index contributed by atoms with van der Waals surface area (Å²) in [5.41, 5.74) is 6.82. The molecule has 1 radical (unpaired) electrons. The molecule has 5 heteroatoms. The predicted octanol–water partition coefficient (Wildman–Crippen LogP) is -1.31. The molecule has 0 spiro atoms. The summed E-state index contributed by atoms with van der Waals surface area (Å²) in [7, 11) is 0. The third-order valence-corrected chi connectivity index (χ3v) is 0.260. The minimum atomic E-state index is 0. The van der Waals surface area contributed by atoms with Crippen molar-refractivity contribution in [2.45, 2.75) is 0 Å². The Hall–Kier alpha value is 0.169. The van der Waals surface area contributed by atoms with E-state index in [0.29, 0.717) is 0 Å². The summed E-state index contributed by atoms with van der Waals surface area (Å²) in [4.78, 5) is 0. The van der Waals surface area contributed by atoms with Gasteiger partial charge in [-0.3, -0.25) is 0 Å². The van der Waals surface area contributed by atoms with E-state index in [1.165, 1.54) is 0 Å². The van der Waals surface area contributed by atoms with Crippen molar-refractivity contribution in [3.8, 4) is 0 Å². The third kappa shape index (κ3) is 8.90. The van der Waals surface area contributed by atoms with Gasteiger partial charge in [0.05, 0.1) is 0 Å². The minimum Gasteiger partial charge on any atom is -0.375 e. The van der Waals surface area contributed by atoms with Crippen molar-refractivity contribution in [2.75, 3.05) is 0 Å². The second-order valence-corrected chi connectivity index (χ2v) is 0.948. The molecule has 0 aromatic heterocycles.